The fourth-order valence-electron chi connectivity index (χ4n) is 1.50. The highest BCUT2D eigenvalue weighted by molar-refractivity contribution is 7.10. The molecule has 0 aliphatic rings. The van der Waals surface area contributed by atoms with Crippen molar-refractivity contribution in [2.75, 3.05) is 5.32 Å². The van der Waals surface area contributed by atoms with Gasteiger partial charge in [-0.15, -0.1) is 11.3 Å². The summed E-state index contributed by atoms with van der Waals surface area (Å²) in [6, 6.07) is 5.18. The molecule has 4 nitrogen and oxygen atoms in total. The minimum Gasteiger partial charge on any atom is -0.310 e. The molecular weight excluding hydrogens is 248 g/mol. The molecule has 1 amide bonds. The fourth-order valence-corrected chi connectivity index (χ4v) is 2.23. The molecule has 0 bridgehead atoms. The number of aromatic nitrogens is 1. The highest BCUT2D eigenvalue weighted by Gasteiger charge is 2.07. The number of rotatable bonds is 4. The minimum atomic E-state index is -0.108. The lowest BCUT2D eigenvalue weighted by molar-refractivity contribution is -0.115. The van der Waals surface area contributed by atoms with E-state index in [0.717, 1.165) is 10.4 Å². The number of pyridine rings is 1. The summed E-state index contributed by atoms with van der Waals surface area (Å²) in [7, 11) is 0. The number of carbonyl (C=O) groups is 2. The standard InChI is InChI=1S/C13H12N2O2S/c1-9-11(4-5-18-9)6-13(17)15-12-3-2-10(8-16)7-14-12/h2-5,7-8H,6H2,1H3,(H,14,15,17). The van der Waals surface area contributed by atoms with Crippen molar-refractivity contribution in [3.63, 3.8) is 0 Å². The number of carbonyl (C=O) groups excluding carboxylic acids is 2. The molecule has 0 radical (unpaired) electrons. The van der Waals surface area contributed by atoms with Gasteiger partial charge in [0.25, 0.3) is 0 Å². The first-order valence-corrected chi connectivity index (χ1v) is 6.31. The smallest absolute Gasteiger partial charge is 0.229 e. The van der Waals surface area contributed by atoms with E-state index >= 15 is 0 Å². The summed E-state index contributed by atoms with van der Waals surface area (Å²) < 4.78 is 0. The average Bonchev–Trinajstić information content (AvgIpc) is 2.76. The lowest BCUT2D eigenvalue weighted by atomic mass is 10.2. The van der Waals surface area contributed by atoms with E-state index in [0.29, 0.717) is 24.1 Å². The van der Waals surface area contributed by atoms with Gasteiger partial charge in [0.15, 0.2) is 6.29 Å². The Morgan fingerprint density at radius 3 is 2.83 bits per heavy atom. The molecule has 0 saturated heterocycles. The molecule has 0 saturated carbocycles. The fraction of sp³-hybridized carbons (Fsp3) is 0.154. The molecule has 0 aliphatic carbocycles. The normalized spacial score (nSPS) is 10.1. The Bertz CT molecular complexity index is 561. The highest BCUT2D eigenvalue weighted by Crippen LogP contribution is 2.16. The Balaban J connectivity index is 1.98. The predicted octanol–water partition coefficient (Wildman–Crippen LogP) is 2.45. The Kier molecular flexibility index (Phi) is 3.84. The third-order valence-electron chi connectivity index (χ3n) is 2.51. The lowest BCUT2D eigenvalue weighted by Crippen LogP contribution is -2.15. The molecule has 0 atom stereocenters. The van der Waals surface area contributed by atoms with Crippen LogP contribution in [0.2, 0.25) is 0 Å². The van der Waals surface area contributed by atoms with Gasteiger partial charge in [0.05, 0.1) is 6.42 Å². The third kappa shape index (κ3) is 3.01. The van der Waals surface area contributed by atoms with Gasteiger partial charge in [-0.05, 0) is 36.1 Å². The predicted molar refractivity (Wildman–Crippen MR) is 71.0 cm³/mol. The Morgan fingerprint density at radius 2 is 2.28 bits per heavy atom. The maximum Gasteiger partial charge on any atom is 0.229 e. The van der Waals surface area contributed by atoms with Crippen LogP contribution in [0, 0.1) is 6.92 Å². The van der Waals surface area contributed by atoms with Crippen LogP contribution < -0.4 is 5.32 Å². The van der Waals surface area contributed by atoms with E-state index in [2.05, 4.69) is 10.3 Å². The topological polar surface area (TPSA) is 59.1 Å². The van der Waals surface area contributed by atoms with Gasteiger partial charge in [-0.1, -0.05) is 0 Å². The maximum absolute atomic E-state index is 11.8. The van der Waals surface area contributed by atoms with Crippen LogP contribution >= 0.6 is 11.3 Å². The van der Waals surface area contributed by atoms with E-state index in [-0.39, 0.29) is 5.91 Å². The van der Waals surface area contributed by atoms with Gasteiger partial charge >= 0.3 is 0 Å². The van der Waals surface area contributed by atoms with E-state index in [1.807, 2.05) is 18.4 Å². The molecule has 0 fully saturated rings. The van der Waals surface area contributed by atoms with Crippen LogP contribution in [0.4, 0.5) is 5.82 Å². The molecule has 5 heteroatoms. The number of aldehydes is 1. The molecule has 2 rings (SSSR count). The third-order valence-corrected chi connectivity index (χ3v) is 3.40. The molecule has 0 aliphatic heterocycles. The van der Waals surface area contributed by atoms with E-state index in [4.69, 9.17) is 0 Å². The van der Waals surface area contributed by atoms with E-state index in [1.54, 1.807) is 23.5 Å². The molecule has 18 heavy (non-hydrogen) atoms. The quantitative estimate of drug-likeness (QED) is 0.859. The molecule has 2 aromatic rings. The Labute approximate surface area is 109 Å². The number of aryl methyl sites for hydroxylation is 1. The summed E-state index contributed by atoms with van der Waals surface area (Å²) >= 11 is 1.62. The van der Waals surface area contributed by atoms with Crippen LogP contribution in [-0.4, -0.2) is 17.2 Å². The molecule has 0 aromatic carbocycles. The average molecular weight is 260 g/mol. The molecule has 2 heterocycles. The lowest BCUT2D eigenvalue weighted by Gasteiger charge is -2.04. The summed E-state index contributed by atoms with van der Waals surface area (Å²) in [6.45, 7) is 1.99. The molecule has 92 valence electrons. The number of hydrogen-bond acceptors (Lipinski definition) is 4. The van der Waals surface area contributed by atoms with Crippen molar-refractivity contribution >= 4 is 29.3 Å². The Hall–Kier alpha value is -2.01. The van der Waals surface area contributed by atoms with Crippen molar-refractivity contribution in [2.45, 2.75) is 13.3 Å². The van der Waals surface area contributed by atoms with Crippen molar-refractivity contribution < 1.29 is 9.59 Å². The van der Waals surface area contributed by atoms with Crippen LogP contribution in [0.5, 0.6) is 0 Å². The number of thiophene rings is 1. The molecule has 1 N–H and O–H groups in total. The number of hydrogen-bond donors (Lipinski definition) is 1. The van der Waals surface area contributed by atoms with Crippen LogP contribution in [0.25, 0.3) is 0 Å². The SMILES string of the molecule is Cc1sccc1CC(=O)Nc1ccc(C=O)cn1. The highest BCUT2D eigenvalue weighted by atomic mass is 32.1. The monoisotopic (exact) mass is 260 g/mol. The second-order valence-corrected chi connectivity index (χ2v) is 4.94. The van der Waals surface area contributed by atoms with E-state index in [9.17, 15) is 9.59 Å². The minimum absolute atomic E-state index is 0.108. The summed E-state index contributed by atoms with van der Waals surface area (Å²) in [6.07, 6.45) is 2.48. The molecule has 0 unspecified atom stereocenters. The number of nitrogens with one attached hydrogen (secondary N) is 1. The first kappa shape index (κ1) is 12.4. The molecule has 2 aromatic heterocycles. The van der Waals surface area contributed by atoms with Crippen LogP contribution in [0.3, 0.4) is 0 Å². The van der Waals surface area contributed by atoms with Gasteiger partial charge in [0.1, 0.15) is 5.82 Å². The van der Waals surface area contributed by atoms with Crippen molar-refractivity contribution in [1.82, 2.24) is 4.98 Å². The first-order chi connectivity index (χ1) is 8.69. The van der Waals surface area contributed by atoms with Gasteiger partial charge in [-0.3, -0.25) is 9.59 Å². The van der Waals surface area contributed by atoms with Crippen LogP contribution in [-0.2, 0) is 11.2 Å². The van der Waals surface area contributed by atoms with Gasteiger partial charge in [0.2, 0.25) is 5.91 Å². The first-order valence-electron chi connectivity index (χ1n) is 5.43. The summed E-state index contributed by atoms with van der Waals surface area (Å²) in [5.41, 5.74) is 1.52. The number of anilines is 1. The van der Waals surface area contributed by atoms with Gasteiger partial charge < -0.3 is 5.32 Å². The molecule has 0 spiro atoms. The van der Waals surface area contributed by atoms with Crippen molar-refractivity contribution in [3.8, 4) is 0 Å². The van der Waals surface area contributed by atoms with Crippen molar-refractivity contribution in [3.05, 3.63) is 45.8 Å². The number of amides is 1. The van der Waals surface area contributed by atoms with Gasteiger partial charge in [0, 0.05) is 16.6 Å². The zero-order valence-electron chi connectivity index (χ0n) is 9.84. The summed E-state index contributed by atoms with van der Waals surface area (Å²) in [4.78, 5) is 27.4. The van der Waals surface area contributed by atoms with E-state index in [1.165, 1.54) is 6.20 Å². The Morgan fingerprint density at radius 1 is 1.44 bits per heavy atom. The maximum atomic E-state index is 11.8. The largest absolute Gasteiger partial charge is 0.310 e. The summed E-state index contributed by atoms with van der Waals surface area (Å²) in [5.74, 6) is 0.348. The van der Waals surface area contributed by atoms with Crippen LogP contribution in [0.15, 0.2) is 29.8 Å². The summed E-state index contributed by atoms with van der Waals surface area (Å²) in [5, 5.41) is 4.66. The van der Waals surface area contributed by atoms with Crippen LogP contribution in [0.1, 0.15) is 20.8 Å². The second kappa shape index (κ2) is 5.55. The van der Waals surface area contributed by atoms with Gasteiger partial charge in [-0.2, -0.15) is 0 Å². The second-order valence-electron chi connectivity index (χ2n) is 3.82. The van der Waals surface area contributed by atoms with Crippen molar-refractivity contribution in [1.29, 1.82) is 0 Å². The zero-order chi connectivity index (χ0) is 13.0. The van der Waals surface area contributed by atoms with E-state index < -0.39 is 0 Å². The van der Waals surface area contributed by atoms with Gasteiger partial charge in [-0.25, -0.2) is 4.98 Å². The van der Waals surface area contributed by atoms with Crippen molar-refractivity contribution in [2.24, 2.45) is 0 Å². The zero-order valence-corrected chi connectivity index (χ0v) is 10.7. The molecular formula is C13H12N2O2S. The number of nitrogens with zero attached hydrogens (tertiary/aromatic N) is 1.